The van der Waals surface area contributed by atoms with Crippen molar-refractivity contribution >= 4 is 11.6 Å². The van der Waals surface area contributed by atoms with Crippen molar-refractivity contribution in [3.63, 3.8) is 0 Å². The van der Waals surface area contributed by atoms with E-state index in [1.165, 1.54) is 6.42 Å². The molecule has 0 radical (unpaired) electrons. The third kappa shape index (κ3) is 3.21. The highest BCUT2D eigenvalue weighted by molar-refractivity contribution is 6.30. The lowest BCUT2D eigenvalue weighted by atomic mass is 9.71. The van der Waals surface area contributed by atoms with Gasteiger partial charge in [-0.05, 0) is 37.5 Å². The van der Waals surface area contributed by atoms with Gasteiger partial charge in [-0.3, -0.25) is 4.90 Å². The second-order valence-electron chi connectivity index (χ2n) is 7.06. The summed E-state index contributed by atoms with van der Waals surface area (Å²) in [6, 6.07) is 7.42. The van der Waals surface area contributed by atoms with E-state index in [1.54, 1.807) is 0 Å². The maximum Gasteiger partial charge on any atom is 0.258 e. The molecule has 2 unspecified atom stereocenters. The molecule has 0 spiro atoms. The van der Waals surface area contributed by atoms with Gasteiger partial charge in [-0.1, -0.05) is 35.7 Å². The minimum Gasteiger partial charge on any atom is -0.390 e. The summed E-state index contributed by atoms with van der Waals surface area (Å²) in [6.45, 7) is 2.46. The molecule has 2 fully saturated rings. The predicted octanol–water partition coefficient (Wildman–Crippen LogP) is 3.52. The monoisotopic (exact) mass is 347 g/mol. The van der Waals surface area contributed by atoms with E-state index in [-0.39, 0.29) is 0 Å². The molecule has 2 aliphatic rings. The van der Waals surface area contributed by atoms with E-state index < -0.39 is 5.60 Å². The normalized spacial score (nSPS) is 27.8. The molecular formula is C18H22ClN3O2. The number of hydrogen-bond acceptors (Lipinski definition) is 5. The minimum atomic E-state index is -0.446. The fraction of sp³-hybridized carbons (Fsp3) is 0.556. The van der Waals surface area contributed by atoms with Crippen LogP contribution in [0.2, 0.25) is 5.02 Å². The van der Waals surface area contributed by atoms with Crippen LogP contribution in [0.15, 0.2) is 28.8 Å². The Kier molecular flexibility index (Phi) is 4.33. The zero-order chi connectivity index (χ0) is 16.6. The van der Waals surface area contributed by atoms with Gasteiger partial charge in [0, 0.05) is 29.6 Å². The Morgan fingerprint density at radius 3 is 3.12 bits per heavy atom. The van der Waals surface area contributed by atoms with E-state index in [4.69, 9.17) is 16.1 Å². The van der Waals surface area contributed by atoms with E-state index in [0.29, 0.717) is 29.2 Å². The van der Waals surface area contributed by atoms with Gasteiger partial charge in [-0.25, -0.2) is 0 Å². The summed E-state index contributed by atoms with van der Waals surface area (Å²) < 4.78 is 5.38. The number of fused-ring (bicyclic) bond motifs is 1. The summed E-state index contributed by atoms with van der Waals surface area (Å²) in [7, 11) is 0. The fourth-order valence-electron chi connectivity index (χ4n) is 4.04. The van der Waals surface area contributed by atoms with Gasteiger partial charge in [-0.2, -0.15) is 4.98 Å². The lowest BCUT2D eigenvalue weighted by Gasteiger charge is -2.47. The van der Waals surface area contributed by atoms with Gasteiger partial charge in [0.05, 0.1) is 12.1 Å². The molecule has 1 N–H and O–H groups in total. The number of likely N-dealkylation sites (tertiary alicyclic amines) is 1. The smallest absolute Gasteiger partial charge is 0.258 e. The van der Waals surface area contributed by atoms with Crippen molar-refractivity contribution in [2.75, 3.05) is 13.1 Å². The first-order valence-corrected chi connectivity index (χ1v) is 9.03. The highest BCUT2D eigenvalue weighted by Crippen LogP contribution is 2.40. The Balaban J connectivity index is 1.43. The lowest BCUT2D eigenvalue weighted by Crippen LogP contribution is -2.53. The number of aliphatic hydroxyl groups is 1. The number of aromatic nitrogens is 2. The molecule has 5 nitrogen and oxygen atoms in total. The molecule has 4 rings (SSSR count). The van der Waals surface area contributed by atoms with Gasteiger partial charge in [0.15, 0.2) is 5.82 Å². The van der Waals surface area contributed by atoms with Crippen molar-refractivity contribution in [2.45, 2.75) is 44.2 Å². The Labute approximate surface area is 146 Å². The Bertz CT molecular complexity index is 720. The molecule has 1 aliphatic heterocycles. The molecule has 6 heteroatoms. The first-order chi connectivity index (χ1) is 11.6. The number of rotatable bonds is 3. The zero-order valence-electron chi connectivity index (χ0n) is 13.6. The van der Waals surface area contributed by atoms with Crippen LogP contribution < -0.4 is 0 Å². The maximum atomic E-state index is 10.8. The predicted molar refractivity (Wildman–Crippen MR) is 91.5 cm³/mol. The summed E-state index contributed by atoms with van der Waals surface area (Å²) in [4.78, 5) is 6.83. The fourth-order valence-corrected chi connectivity index (χ4v) is 4.23. The molecule has 1 aliphatic carbocycles. The Hall–Kier alpha value is -1.43. The standard InChI is InChI=1S/C18H22ClN3O2/c19-15-6-3-4-13(10-15)17-20-16(21-24-17)12-22-9-8-18(23)7-2-1-5-14(18)11-22/h3-4,6,10,14,23H,1-2,5,7-9,11-12H2. The Morgan fingerprint density at radius 2 is 2.25 bits per heavy atom. The van der Waals surface area contributed by atoms with Crippen LogP contribution in [-0.4, -0.2) is 38.8 Å². The van der Waals surface area contributed by atoms with Crippen molar-refractivity contribution in [1.29, 1.82) is 0 Å². The SMILES string of the molecule is OC12CCCCC1CN(Cc1noc(-c3cccc(Cl)c3)n1)CC2. The van der Waals surface area contributed by atoms with Crippen molar-refractivity contribution in [1.82, 2.24) is 15.0 Å². The van der Waals surface area contributed by atoms with Crippen molar-refractivity contribution < 1.29 is 9.63 Å². The first kappa shape index (κ1) is 16.1. The quantitative estimate of drug-likeness (QED) is 0.920. The number of hydrogen-bond donors (Lipinski definition) is 1. The second-order valence-corrected chi connectivity index (χ2v) is 7.49. The van der Waals surface area contributed by atoms with Crippen LogP contribution in [0.4, 0.5) is 0 Å². The molecule has 1 aromatic carbocycles. The van der Waals surface area contributed by atoms with Crippen LogP contribution in [0.5, 0.6) is 0 Å². The molecule has 0 amide bonds. The van der Waals surface area contributed by atoms with Gasteiger partial charge in [-0.15, -0.1) is 0 Å². The van der Waals surface area contributed by atoms with E-state index in [9.17, 15) is 5.11 Å². The highest BCUT2D eigenvalue weighted by atomic mass is 35.5. The van der Waals surface area contributed by atoms with Crippen LogP contribution in [0.1, 0.15) is 37.9 Å². The van der Waals surface area contributed by atoms with Gasteiger partial charge >= 0.3 is 0 Å². The van der Waals surface area contributed by atoms with Crippen LogP contribution >= 0.6 is 11.6 Å². The van der Waals surface area contributed by atoms with E-state index in [2.05, 4.69) is 15.0 Å². The van der Waals surface area contributed by atoms with Crippen LogP contribution in [-0.2, 0) is 6.54 Å². The van der Waals surface area contributed by atoms with Crippen LogP contribution in [0, 0.1) is 5.92 Å². The molecule has 1 saturated carbocycles. The van der Waals surface area contributed by atoms with Gasteiger partial charge in [0.1, 0.15) is 0 Å². The Morgan fingerprint density at radius 1 is 1.33 bits per heavy atom. The molecule has 1 aromatic heterocycles. The van der Waals surface area contributed by atoms with E-state index in [1.807, 2.05) is 24.3 Å². The largest absolute Gasteiger partial charge is 0.390 e. The van der Waals surface area contributed by atoms with E-state index in [0.717, 1.165) is 44.3 Å². The summed E-state index contributed by atoms with van der Waals surface area (Å²) in [5.74, 6) is 1.56. The molecule has 24 heavy (non-hydrogen) atoms. The van der Waals surface area contributed by atoms with Gasteiger partial charge in [0.2, 0.25) is 0 Å². The van der Waals surface area contributed by atoms with Crippen molar-refractivity contribution in [2.24, 2.45) is 5.92 Å². The number of nitrogens with zero attached hydrogens (tertiary/aromatic N) is 3. The van der Waals surface area contributed by atoms with Crippen molar-refractivity contribution in [3.05, 3.63) is 35.1 Å². The van der Waals surface area contributed by atoms with E-state index >= 15 is 0 Å². The molecule has 2 atom stereocenters. The lowest BCUT2D eigenvalue weighted by molar-refractivity contribution is -0.0971. The first-order valence-electron chi connectivity index (χ1n) is 8.66. The zero-order valence-corrected chi connectivity index (χ0v) is 14.4. The number of piperidine rings is 1. The third-order valence-electron chi connectivity index (χ3n) is 5.42. The average molecular weight is 348 g/mol. The summed E-state index contributed by atoms with van der Waals surface area (Å²) in [5.41, 5.74) is 0.388. The number of halogens is 1. The van der Waals surface area contributed by atoms with Crippen LogP contribution in [0.3, 0.4) is 0 Å². The molecule has 1 saturated heterocycles. The molecular weight excluding hydrogens is 326 g/mol. The van der Waals surface area contributed by atoms with Crippen LogP contribution in [0.25, 0.3) is 11.5 Å². The average Bonchev–Trinajstić information content (AvgIpc) is 3.04. The van der Waals surface area contributed by atoms with Gasteiger partial charge < -0.3 is 9.63 Å². The molecule has 0 bridgehead atoms. The topological polar surface area (TPSA) is 62.4 Å². The van der Waals surface area contributed by atoms with Gasteiger partial charge in [0.25, 0.3) is 5.89 Å². The molecule has 128 valence electrons. The molecule has 2 heterocycles. The minimum absolute atomic E-state index is 0.374. The summed E-state index contributed by atoms with van der Waals surface area (Å²) in [6.07, 6.45) is 5.29. The highest BCUT2D eigenvalue weighted by Gasteiger charge is 2.42. The maximum absolute atomic E-state index is 10.8. The molecule has 2 aromatic rings. The third-order valence-corrected chi connectivity index (χ3v) is 5.65. The number of benzene rings is 1. The summed E-state index contributed by atoms with van der Waals surface area (Å²) >= 11 is 6.01. The second kappa shape index (κ2) is 6.47. The van der Waals surface area contributed by atoms with Crippen molar-refractivity contribution in [3.8, 4) is 11.5 Å². The summed E-state index contributed by atoms with van der Waals surface area (Å²) in [5, 5.41) is 15.5.